The topological polar surface area (TPSA) is 80.7 Å². The van der Waals surface area contributed by atoms with Crippen molar-refractivity contribution in [2.75, 3.05) is 5.43 Å². The van der Waals surface area contributed by atoms with Crippen LogP contribution in [0.5, 0.6) is 0 Å². The van der Waals surface area contributed by atoms with E-state index in [1.165, 1.54) is 6.07 Å². The Morgan fingerprint density at radius 3 is 2.78 bits per heavy atom. The Kier molecular flexibility index (Phi) is 3.38. The quantitative estimate of drug-likeness (QED) is 0.510. The lowest BCUT2D eigenvalue weighted by Gasteiger charge is -2.02. The molecular formula is C12H11N3O3. The normalized spacial score (nSPS) is 11.3. The fourth-order valence-corrected chi connectivity index (χ4v) is 1.41. The fraction of sp³-hybridized carbons (Fsp3) is 0.0833. The van der Waals surface area contributed by atoms with Crippen LogP contribution in [0.4, 0.5) is 11.4 Å². The molecule has 0 amide bonds. The summed E-state index contributed by atoms with van der Waals surface area (Å²) in [5.41, 5.74) is 3.60. The van der Waals surface area contributed by atoms with E-state index in [9.17, 15) is 10.1 Å². The number of nitrogens with one attached hydrogen (secondary N) is 1. The molecule has 1 heterocycles. The predicted molar refractivity (Wildman–Crippen MR) is 67.6 cm³/mol. The van der Waals surface area contributed by atoms with Crippen molar-refractivity contribution in [3.8, 4) is 0 Å². The number of hydrazone groups is 1. The van der Waals surface area contributed by atoms with Crippen LogP contribution in [0.15, 0.2) is 52.2 Å². The Labute approximate surface area is 103 Å². The summed E-state index contributed by atoms with van der Waals surface area (Å²) in [6, 6.07) is 9.83. The maximum absolute atomic E-state index is 10.8. The smallest absolute Gasteiger partial charge is 0.294 e. The highest BCUT2D eigenvalue weighted by molar-refractivity contribution is 5.96. The molecular weight excluding hydrogens is 234 g/mol. The molecule has 18 heavy (non-hydrogen) atoms. The molecule has 0 saturated heterocycles. The van der Waals surface area contributed by atoms with Gasteiger partial charge in [-0.1, -0.05) is 12.1 Å². The number of para-hydroxylation sites is 2. The van der Waals surface area contributed by atoms with Crippen molar-refractivity contribution in [1.29, 1.82) is 0 Å². The van der Waals surface area contributed by atoms with Gasteiger partial charge in [-0.25, -0.2) is 0 Å². The van der Waals surface area contributed by atoms with Gasteiger partial charge in [-0.15, -0.1) is 0 Å². The van der Waals surface area contributed by atoms with Gasteiger partial charge in [0.1, 0.15) is 17.2 Å². The van der Waals surface area contributed by atoms with Gasteiger partial charge < -0.3 is 4.42 Å². The van der Waals surface area contributed by atoms with Crippen LogP contribution in [0.2, 0.25) is 0 Å². The first-order valence-electron chi connectivity index (χ1n) is 5.26. The maximum Gasteiger partial charge on any atom is 0.294 e. The minimum absolute atomic E-state index is 0.0199. The van der Waals surface area contributed by atoms with E-state index in [-0.39, 0.29) is 5.69 Å². The summed E-state index contributed by atoms with van der Waals surface area (Å²) in [6.07, 6.45) is 1.54. The van der Waals surface area contributed by atoms with Crippen LogP contribution in [0.3, 0.4) is 0 Å². The first-order chi connectivity index (χ1) is 8.68. The van der Waals surface area contributed by atoms with E-state index in [4.69, 9.17) is 4.42 Å². The van der Waals surface area contributed by atoms with E-state index in [1.807, 2.05) is 0 Å². The lowest BCUT2D eigenvalue weighted by molar-refractivity contribution is -0.384. The average molecular weight is 245 g/mol. The van der Waals surface area contributed by atoms with Crippen LogP contribution < -0.4 is 5.43 Å². The zero-order valence-corrected chi connectivity index (χ0v) is 9.66. The molecule has 0 aliphatic carbocycles. The summed E-state index contributed by atoms with van der Waals surface area (Å²) >= 11 is 0. The molecule has 1 aromatic heterocycles. The van der Waals surface area contributed by atoms with Crippen molar-refractivity contribution in [1.82, 2.24) is 0 Å². The molecule has 0 aliphatic rings. The van der Waals surface area contributed by atoms with Gasteiger partial charge in [-0.05, 0) is 25.1 Å². The number of hydrogen-bond acceptors (Lipinski definition) is 5. The third-order valence-electron chi connectivity index (χ3n) is 2.32. The van der Waals surface area contributed by atoms with E-state index in [1.54, 1.807) is 43.5 Å². The van der Waals surface area contributed by atoms with Gasteiger partial charge in [-0.3, -0.25) is 15.5 Å². The van der Waals surface area contributed by atoms with E-state index in [0.29, 0.717) is 17.2 Å². The highest BCUT2D eigenvalue weighted by Gasteiger charge is 2.11. The SMILES string of the molecule is C/C(=N/Nc1ccccc1[N+](=O)[O-])c1ccco1. The first kappa shape index (κ1) is 11.8. The number of nitrogens with zero attached hydrogens (tertiary/aromatic N) is 2. The number of benzene rings is 1. The molecule has 0 aliphatic heterocycles. The van der Waals surface area contributed by atoms with Crippen LogP contribution >= 0.6 is 0 Å². The fourth-order valence-electron chi connectivity index (χ4n) is 1.41. The predicted octanol–water partition coefficient (Wildman–Crippen LogP) is 3.02. The third-order valence-corrected chi connectivity index (χ3v) is 2.32. The number of rotatable bonds is 4. The number of furan rings is 1. The molecule has 1 N–H and O–H groups in total. The number of anilines is 1. The molecule has 1 aromatic carbocycles. The zero-order valence-electron chi connectivity index (χ0n) is 9.66. The van der Waals surface area contributed by atoms with Crippen molar-refractivity contribution in [2.24, 2.45) is 5.10 Å². The highest BCUT2D eigenvalue weighted by Crippen LogP contribution is 2.23. The van der Waals surface area contributed by atoms with Crippen molar-refractivity contribution in [3.63, 3.8) is 0 Å². The molecule has 0 radical (unpaired) electrons. The molecule has 92 valence electrons. The minimum atomic E-state index is -0.458. The van der Waals surface area contributed by atoms with Gasteiger partial charge >= 0.3 is 0 Å². The van der Waals surface area contributed by atoms with Crippen molar-refractivity contribution >= 4 is 17.1 Å². The third kappa shape index (κ3) is 2.54. The Morgan fingerprint density at radius 2 is 2.11 bits per heavy atom. The summed E-state index contributed by atoms with van der Waals surface area (Å²) in [4.78, 5) is 10.3. The van der Waals surface area contributed by atoms with Gasteiger partial charge in [0.25, 0.3) is 5.69 Å². The van der Waals surface area contributed by atoms with Gasteiger partial charge in [-0.2, -0.15) is 5.10 Å². The Morgan fingerprint density at radius 1 is 1.33 bits per heavy atom. The second-order valence-electron chi connectivity index (χ2n) is 3.56. The lowest BCUT2D eigenvalue weighted by atomic mass is 10.3. The van der Waals surface area contributed by atoms with Crippen LogP contribution in [-0.4, -0.2) is 10.6 Å². The lowest BCUT2D eigenvalue weighted by Crippen LogP contribution is -2.00. The van der Waals surface area contributed by atoms with Gasteiger partial charge in [0.05, 0.1) is 11.2 Å². The van der Waals surface area contributed by atoms with Crippen LogP contribution in [0.25, 0.3) is 0 Å². The molecule has 0 bridgehead atoms. The Hall–Kier alpha value is -2.63. The Bertz CT molecular complexity index is 576. The second kappa shape index (κ2) is 5.13. The number of hydrogen-bond donors (Lipinski definition) is 1. The molecule has 6 nitrogen and oxygen atoms in total. The maximum atomic E-state index is 10.8. The van der Waals surface area contributed by atoms with Crippen LogP contribution in [0, 0.1) is 10.1 Å². The molecule has 0 spiro atoms. The standard InChI is InChI=1S/C12H11N3O3/c1-9(12-7-4-8-18-12)13-14-10-5-2-3-6-11(10)15(16)17/h2-8,14H,1H3/b13-9-. The van der Waals surface area contributed by atoms with Gasteiger partial charge in [0.2, 0.25) is 0 Å². The first-order valence-corrected chi connectivity index (χ1v) is 5.26. The Balaban J connectivity index is 2.20. The largest absolute Gasteiger partial charge is 0.463 e. The van der Waals surface area contributed by atoms with Crippen molar-refractivity contribution < 1.29 is 9.34 Å². The molecule has 6 heteroatoms. The minimum Gasteiger partial charge on any atom is -0.463 e. The summed E-state index contributed by atoms with van der Waals surface area (Å²) in [6.45, 7) is 1.75. The highest BCUT2D eigenvalue weighted by atomic mass is 16.6. The zero-order chi connectivity index (χ0) is 13.0. The van der Waals surface area contributed by atoms with Crippen molar-refractivity contribution in [3.05, 3.63) is 58.5 Å². The number of nitro benzene ring substituents is 1. The van der Waals surface area contributed by atoms with E-state index in [0.717, 1.165) is 0 Å². The van der Waals surface area contributed by atoms with Crippen molar-refractivity contribution in [2.45, 2.75) is 6.92 Å². The summed E-state index contributed by atoms with van der Waals surface area (Å²) in [7, 11) is 0. The second-order valence-corrected chi connectivity index (χ2v) is 3.56. The van der Waals surface area contributed by atoms with Gasteiger partial charge in [0.15, 0.2) is 0 Å². The molecule has 0 saturated carbocycles. The molecule has 0 unspecified atom stereocenters. The monoisotopic (exact) mass is 245 g/mol. The molecule has 2 rings (SSSR count). The van der Waals surface area contributed by atoms with E-state index < -0.39 is 4.92 Å². The van der Waals surface area contributed by atoms with E-state index >= 15 is 0 Å². The summed E-state index contributed by atoms with van der Waals surface area (Å²) in [5, 5.41) is 14.8. The van der Waals surface area contributed by atoms with E-state index in [2.05, 4.69) is 10.5 Å². The summed E-state index contributed by atoms with van der Waals surface area (Å²) in [5.74, 6) is 0.612. The molecule has 0 atom stereocenters. The molecule has 0 fully saturated rings. The number of nitro groups is 1. The van der Waals surface area contributed by atoms with Crippen LogP contribution in [0.1, 0.15) is 12.7 Å². The molecule has 2 aromatic rings. The average Bonchev–Trinajstić information content (AvgIpc) is 2.90. The summed E-state index contributed by atoms with van der Waals surface area (Å²) < 4.78 is 5.16. The van der Waals surface area contributed by atoms with Crippen LogP contribution in [-0.2, 0) is 0 Å². The van der Waals surface area contributed by atoms with Gasteiger partial charge in [0, 0.05) is 6.07 Å².